The minimum atomic E-state index is -0.333. The predicted molar refractivity (Wildman–Crippen MR) is 89.9 cm³/mol. The van der Waals surface area contributed by atoms with E-state index in [0.29, 0.717) is 19.0 Å². The number of hydrogen-bond acceptors (Lipinski definition) is 5. The van der Waals surface area contributed by atoms with Crippen LogP contribution in [0.15, 0.2) is 18.6 Å². The Labute approximate surface area is 143 Å². The number of likely N-dealkylation sites (tertiary alicyclic amines) is 1. The van der Waals surface area contributed by atoms with Gasteiger partial charge in [-0.1, -0.05) is 5.21 Å². The highest BCUT2D eigenvalue weighted by Crippen LogP contribution is 2.38. The number of carbonyl (C=O) groups excluding carboxylic acids is 1. The summed E-state index contributed by atoms with van der Waals surface area (Å²) in [6, 6.07) is 2.01. The number of fused-ring (bicyclic) bond motifs is 3. The lowest BCUT2D eigenvalue weighted by atomic mass is 9.79. The quantitative estimate of drug-likeness (QED) is 0.727. The number of aromatic amines is 1. The summed E-state index contributed by atoms with van der Waals surface area (Å²) in [5.41, 5.74) is 2.88. The standard InChI is InChI=1S/C17H20N6O2/c24-12-7-22(8-12)17(25)11-3-1-10(2-4-11)14-15-13-5-6-18-16(13)19-9-23(15)21-20-14/h5-6,9-12,18,24H,1-4,7-8H2. The number of H-pyrrole nitrogens is 1. The number of hydrogen-bond donors (Lipinski definition) is 2. The van der Waals surface area contributed by atoms with Crippen LogP contribution in [0.4, 0.5) is 0 Å². The molecule has 0 atom stereocenters. The minimum absolute atomic E-state index is 0.0829. The van der Waals surface area contributed by atoms with E-state index in [0.717, 1.165) is 47.9 Å². The molecule has 1 aliphatic heterocycles. The maximum absolute atomic E-state index is 12.4. The molecule has 1 aliphatic carbocycles. The Hall–Kier alpha value is -2.48. The van der Waals surface area contributed by atoms with Crippen LogP contribution in [0, 0.1) is 5.92 Å². The number of aliphatic hydroxyl groups is 1. The first-order valence-electron chi connectivity index (χ1n) is 8.84. The first-order chi connectivity index (χ1) is 12.2. The van der Waals surface area contributed by atoms with Crippen LogP contribution >= 0.6 is 0 Å². The molecule has 1 saturated heterocycles. The normalized spacial score (nSPS) is 24.8. The van der Waals surface area contributed by atoms with Crippen LogP contribution in [0.3, 0.4) is 0 Å². The molecule has 2 fully saturated rings. The van der Waals surface area contributed by atoms with E-state index in [4.69, 9.17) is 0 Å². The molecule has 1 saturated carbocycles. The molecule has 5 rings (SSSR count). The molecular weight excluding hydrogens is 320 g/mol. The molecule has 0 radical (unpaired) electrons. The van der Waals surface area contributed by atoms with Crippen molar-refractivity contribution in [1.29, 1.82) is 0 Å². The summed E-state index contributed by atoms with van der Waals surface area (Å²) in [6.45, 7) is 0.986. The fraction of sp³-hybridized carbons (Fsp3) is 0.529. The van der Waals surface area contributed by atoms with Crippen LogP contribution in [-0.4, -0.2) is 59.9 Å². The molecule has 0 unspecified atom stereocenters. The highest BCUT2D eigenvalue weighted by Gasteiger charge is 2.36. The van der Waals surface area contributed by atoms with Gasteiger partial charge in [-0.05, 0) is 31.7 Å². The van der Waals surface area contributed by atoms with Crippen molar-refractivity contribution in [3.8, 4) is 0 Å². The molecule has 3 aromatic rings. The predicted octanol–water partition coefficient (Wildman–Crippen LogP) is 1.08. The molecule has 1 amide bonds. The van der Waals surface area contributed by atoms with Crippen molar-refractivity contribution in [2.75, 3.05) is 13.1 Å². The van der Waals surface area contributed by atoms with Gasteiger partial charge in [0.2, 0.25) is 5.91 Å². The van der Waals surface area contributed by atoms with Gasteiger partial charge in [-0.3, -0.25) is 4.79 Å². The molecular formula is C17H20N6O2. The highest BCUT2D eigenvalue weighted by atomic mass is 16.3. The molecule has 0 aromatic carbocycles. The summed E-state index contributed by atoms with van der Waals surface area (Å²) in [6.07, 6.45) is 6.86. The van der Waals surface area contributed by atoms with Crippen molar-refractivity contribution in [3.63, 3.8) is 0 Å². The topological polar surface area (TPSA) is 99.4 Å². The van der Waals surface area contributed by atoms with Crippen LogP contribution < -0.4 is 0 Å². The van der Waals surface area contributed by atoms with Gasteiger partial charge >= 0.3 is 0 Å². The van der Waals surface area contributed by atoms with E-state index >= 15 is 0 Å². The molecule has 8 heteroatoms. The molecule has 0 bridgehead atoms. The van der Waals surface area contributed by atoms with Gasteiger partial charge < -0.3 is 15.0 Å². The zero-order valence-electron chi connectivity index (χ0n) is 13.8. The smallest absolute Gasteiger partial charge is 0.225 e. The fourth-order valence-corrected chi connectivity index (χ4v) is 4.20. The van der Waals surface area contributed by atoms with Crippen LogP contribution in [0.5, 0.6) is 0 Å². The lowest BCUT2D eigenvalue weighted by molar-refractivity contribution is -0.146. The van der Waals surface area contributed by atoms with Gasteiger partial charge in [-0.2, -0.15) is 0 Å². The van der Waals surface area contributed by atoms with E-state index in [9.17, 15) is 9.90 Å². The molecule has 4 heterocycles. The van der Waals surface area contributed by atoms with Crippen LogP contribution in [-0.2, 0) is 4.79 Å². The molecule has 25 heavy (non-hydrogen) atoms. The maximum atomic E-state index is 12.4. The van der Waals surface area contributed by atoms with E-state index in [2.05, 4.69) is 20.3 Å². The molecule has 3 aromatic heterocycles. The zero-order chi connectivity index (χ0) is 17.0. The first kappa shape index (κ1) is 14.8. The summed E-state index contributed by atoms with van der Waals surface area (Å²) in [5.74, 6) is 0.609. The number of nitrogens with one attached hydrogen (secondary N) is 1. The average molecular weight is 340 g/mol. The summed E-state index contributed by atoms with van der Waals surface area (Å²) < 4.78 is 1.74. The summed E-state index contributed by atoms with van der Waals surface area (Å²) in [4.78, 5) is 21.7. The van der Waals surface area contributed by atoms with E-state index in [1.807, 2.05) is 12.3 Å². The number of aliphatic hydroxyl groups excluding tert-OH is 1. The van der Waals surface area contributed by atoms with Gasteiger partial charge in [0.1, 0.15) is 17.5 Å². The summed E-state index contributed by atoms with van der Waals surface area (Å²) in [7, 11) is 0. The van der Waals surface area contributed by atoms with Crippen molar-refractivity contribution >= 4 is 22.5 Å². The second kappa shape index (κ2) is 5.52. The second-order valence-corrected chi connectivity index (χ2v) is 7.20. The molecule has 0 spiro atoms. The van der Waals surface area contributed by atoms with Gasteiger partial charge in [0.25, 0.3) is 0 Å². The second-order valence-electron chi connectivity index (χ2n) is 7.20. The van der Waals surface area contributed by atoms with Crippen molar-refractivity contribution < 1.29 is 9.90 Å². The third kappa shape index (κ3) is 2.31. The van der Waals surface area contributed by atoms with E-state index < -0.39 is 0 Å². The first-order valence-corrected chi connectivity index (χ1v) is 8.84. The summed E-state index contributed by atoms with van der Waals surface area (Å²) >= 11 is 0. The van der Waals surface area contributed by atoms with E-state index in [1.165, 1.54) is 0 Å². The maximum Gasteiger partial charge on any atom is 0.225 e. The van der Waals surface area contributed by atoms with E-state index in [-0.39, 0.29) is 17.9 Å². The van der Waals surface area contributed by atoms with Crippen molar-refractivity contribution in [3.05, 3.63) is 24.3 Å². The Morgan fingerprint density at radius 1 is 1.24 bits per heavy atom. The van der Waals surface area contributed by atoms with Crippen LogP contribution in [0.2, 0.25) is 0 Å². The number of β-amino-alcohol motifs (C(OH)–C–C–N with tert-alkyl or cyclic N) is 1. The van der Waals surface area contributed by atoms with Gasteiger partial charge in [0.15, 0.2) is 0 Å². The highest BCUT2D eigenvalue weighted by molar-refractivity contribution is 5.92. The lowest BCUT2D eigenvalue weighted by Gasteiger charge is -2.39. The van der Waals surface area contributed by atoms with Crippen LogP contribution in [0.25, 0.3) is 16.6 Å². The molecule has 2 N–H and O–H groups in total. The van der Waals surface area contributed by atoms with Gasteiger partial charge in [-0.15, -0.1) is 5.10 Å². The Bertz CT molecular complexity index is 933. The number of carbonyl (C=O) groups is 1. The van der Waals surface area contributed by atoms with Crippen molar-refractivity contribution in [2.24, 2.45) is 5.92 Å². The monoisotopic (exact) mass is 340 g/mol. The third-order valence-electron chi connectivity index (χ3n) is 5.63. The largest absolute Gasteiger partial charge is 0.389 e. The number of amides is 1. The fourth-order valence-electron chi connectivity index (χ4n) is 4.20. The average Bonchev–Trinajstić information content (AvgIpc) is 3.24. The van der Waals surface area contributed by atoms with Gasteiger partial charge in [0, 0.05) is 36.5 Å². The Morgan fingerprint density at radius 3 is 2.80 bits per heavy atom. The lowest BCUT2D eigenvalue weighted by Crippen LogP contribution is -2.55. The molecule has 130 valence electrons. The minimum Gasteiger partial charge on any atom is -0.389 e. The Kier molecular flexibility index (Phi) is 3.27. The number of rotatable bonds is 2. The van der Waals surface area contributed by atoms with Gasteiger partial charge in [0.05, 0.1) is 11.8 Å². The van der Waals surface area contributed by atoms with Crippen LogP contribution in [0.1, 0.15) is 37.3 Å². The number of aromatic nitrogens is 5. The molecule has 2 aliphatic rings. The molecule has 8 nitrogen and oxygen atoms in total. The Morgan fingerprint density at radius 2 is 2.04 bits per heavy atom. The zero-order valence-corrected chi connectivity index (χ0v) is 13.8. The Balaban J connectivity index is 1.36. The third-order valence-corrected chi connectivity index (χ3v) is 5.63. The number of nitrogens with zero attached hydrogens (tertiary/aromatic N) is 5. The van der Waals surface area contributed by atoms with Gasteiger partial charge in [-0.25, -0.2) is 9.50 Å². The SMILES string of the molecule is O=C(C1CCC(c2nnn3cnc4[nH]ccc4c23)CC1)N1CC(O)C1. The van der Waals surface area contributed by atoms with E-state index in [1.54, 1.807) is 15.7 Å². The van der Waals surface area contributed by atoms with Crippen molar-refractivity contribution in [1.82, 2.24) is 29.7 Å². The summed E-state index contributed by atoms with van der Waals surface area (Å²) in [5, 5.41) is 19.1. The van der Waals surface area contributed by atoms with Crippen molar-refractivity contribution in [2.45, 2.75) is 37.7 Å².